The van der Waals surface area contributed by atoms with Gasteiger partial charge < -0.3 is 5.11 Å². The van der Waals surface area contributed by atoms with Gasteiger partial charge in [-0.25, -0.2) is 4.68 Å². The van der Waals surface area contributed by atoms with Crippen molar-refractivity contribution in [1.82, 2.24) is 9.78 Å². The van der Waals surface area contributed by atoms with E-state index in [4.69, 9.17) is 10.2 Å². The van der Waals surface area contributed by atoms with Crippen molar-refractivity contribution < 1.29 is 9.90 Å². The van der Waals surface area contributed by atoms with E-state index in [-0.39, 0.29) is 11.8 Å². The van der Waals surface area contributed by atoms with E-state index < -0.39 is 0 Å². The molecule has 0 saturated heterocycles. The fraction of sp³-hybridized carbons (Fsp3) is 0. The largest absolute Gasteiger partial charge is 0.493 e. The summed E-state index contributed by atoms with van der Waals surface area (Å²) in [5, 5.41) is 22.4. The minimum Gasteiger partial charge on any atom is -0.493 e. The lowest BCUT2D eigenvalue weighted by molar-refractivity contribution is -0.114. The molecular formula is C31H20Br2N4O2. The van der Waals surface area contributed by atoms with Crippen molar-refractivity contribution in [3.63, 3.8) is 0 Å². The number of amides is 1. The first-order valence-corrected chi connectivity index (χ1v) is 13.7. The van der Waals surface area contributed by atoms with Crippen molar-refractivity contribution in [2.45, 2.75) is 0 Å². The molecule has 0 saturated carbocycles. The quantitative estimate of drug-likeness (QED) is 0.201. The Morgan fingerprint density at radius 1 is 0.692 bits per heavy atom. The van der Waals surface area contributed by atoms with Gasteiger partial charge in [-0.3, -0.25) is 4.79 Å². The van der Waals surface area contributed by atoms with Crippen LogP contribution in [0.15, 0.2) is 129 Å². The number of hydrogen-bond donors (Lipinski definition) is 1. The van der Waals surface area contributed by atoms with E-state index in [9.17, 15) is 9.90 Å². The zero-order valence-corrected chi connectivity index (χ0v) is 23.5. The molecule has 6 nitrogen and oxygen atoms in total. The summed E-state index contributed by atoms with van der Waals surface area (Å²) in [6.45, 7) is 0. The van der Waals surface area contributed by atoms with Crippen LogP contribution in [0.4, 0.5) is 5.69 Å². The van der Waals surface area contributed by atoms with E-state index >= 15 is 0 Å². The second-order valence-corrected chi connectivity index (χ2v) is 10.6. The van der Waals surface area contributed by atoms with Crippen LogP contribution in [0.2, 0.25) is 0 Å². The highest BCUT2D eigenvalue weighted by atomic mass is 79.9. The molecule has 1 aromatic heterocycles. The normalized spacial score (nSPS) is 14.2. The molecule has 190 valence electrons. The summed E-state index contributed by atoms with van der Waals surface area (Å²) in [7, 11) is 0. The van der Waals surface area contributed by atoms with Crippen molar-refractivity contribution in [3.05, 3.63) is 135 Å². The van der Waals surface area contributed by atoms with Crippen molar-refractivity contribution in [3.8, 4) is 22.8 Å². The van der Waals surface area contributed by atoms with Gasteiger partial charge in [0.05, 0.1) is 22.5 Å². The van der Waals surface area contributed by atoms with E-state index in [1.807, 2.05) is 109 Å². The monoisotopic (exact) mass is 638 g/mol. The average molecular weight is 640 g/mol. The number of carbonyl (C=O) groups excluding carboxylic acids is 1. The topological polar surface area (TPSA) is 70.7 Å². The highest BCUT2D eigenvalue weighted by molar-refractivity contribution is 9.10. The molecule has 2 heterocycles. The van der Waals surface area contributed by atoms with Crippen LogP contribution >= 0.6 is 31.9 Å². The number of nitrogens with zero attached hydrogens (tertiary/aromatic N) is 4. The minimum atomic E-state index is -0.300. The Morgan fingerprint density at radius 2 is 1.23 bits per heavy atom. The fourth-order valence-corrected chi connectivity index (χ4v) is 4.91. The van der Waals surface area contributed by atoms with Gasteiger partial charge >= 0.3 is 0 Å². The third-order valence-corrected chi connectivity index (χ3v) is 7.36. The van der Waals surface area contributed by atoms with Gasteiger partial charge in [0, 0.05) is 20.1 Å². The summed E-state index contributed by atoms with van der Waals surface area (Å²) in [6.07, 6.45) is 1.69. The summed E-state index contributed by atoms with van der Waals surface area (Å²) < 4.78 is 3.29. The van der Waals surface area contributed by atoms with Crippen molar-refractivity contribution >= 4 is 55.2 Å². The second-order valence-electron chi connectivity index (χ2n) is 8.81. The molecule has 0 atom stereocenters. The van der Waals surface area contributed by atoms with Gasteiger partial charge in [0.1, 0.15) is 11.4 Å². The first-order chi connectivity index (χ1) is 19.0. The molecule has 0 fully saturated rings. The number of hydrazone groups is 1. The summed E-state index contributed by atoms with van der Waals surface area (Å²) in [5.74, 6) is -0.378. The zero-order valence-electron chi connectivity index (χ0n) is 20.4. The Labute approximate surface area is 241 Å². The van der Waals surface area contributed by atoms with Gasteiger partial charge in [0.15, 0.2) is 0 Å². The van der Waals surface area contributed by atoms with Gasteiger partial charge in [0.2, 0.25) is 5.88 Å². The number of aromatic hydroxyl groups is 1. The molecule has 1 aliphatic rings. The minimum absolute atomic E-state index is 0.0778. The Morgan fingerprint density at radius 3 is 1.82 bits per heavy atom. The van der Waals surface area contributed by atoms with Gasteiger partial charge in [-0.05, 0) is 54.6 Å². The number of anilines is 1. The van der Waals surface area contributed by atoms with Crippen LogP contribution in [0.5, 0.6) is 5.88 Å². The Bertz CT molecular complexity index is 1730. The lowest BCUT2D eigenvalue weighted by Crippen LogP contribution is -2.21. The predicted octanol–water partition coefficient (Wildman–Crippen LogP) is 7.60. The highest BCUT2D eigenvalue weighted by Crippen LogP contribution is 2.36. The number of rotatable bonds is 5. The van der Waals surface area contributed by atoms with Gasteiger partial charge in [0.25, 0.3) is 5.91 Å². The standard InChI is InChI=1S/C31H20Br2N4O2/c32-22-11-15-24(16-12-22)36-30(38)26(28(34-36)20-7-3-1-4-8-20)19-27-29(21-9-5-2-6-10-21)35-37(31(27)39)25-17-13-23(33)14-18-25/h1-19,38H/b27-19-. The SMILES string of the molecule is O=C1/C(=C\c2c(-c3ccccc3)nn(-c3ccc(Br)cc3)c2O)C(c2ccccc2)=NN1c1ccc(Br)cc1. The third-order valence-electron chi connectivity index (χ3n) is 6.30. The van der Waals surface area contributed by atoms with E-state index in [2.05, 4.69) is 31.9 Å². The second kappa shape index (κ2) is 10.5. The number of carbonyl (C=O) groups is 1. The number of aromatic nitrogens is 2. The molecule has 0 spiro atoms. The number of halogens is 2. The smallest absolute Gasteiger partial charge is 0.281 e. The van der Waals surface area contributed by atoms with Crippen LogP contribution in [0.3, 0.4) is 0 Å². The molecule has 0 unspecified atom stereocenters. The highest BCUT2D eigenvalue weighted by Gasteiger charge is 2.33. The molecule has 4 aromatic carbocycles. The molecule has 0 radical (unpaired) electrons. The van der Waals surface area contributed by atoms with Crippen LogP contribution in [0.1, 0.15) is 11.1 Å². The van der Waals surface area contributed by atoms with Gasteiger partial charge in [-0.2, -0.15) is 15.2 Å². The first-order valence-electron chi connectivity index (χ1n) is 12.1. The van der Waals surface area contributed by atoms with E-state index in [0.29, 0.717) is 33.9 Å². The first kappa shape index (κ1) is 25.0. The Hall–Kier alpha value is -4.27. The van der Waals surface area contributed by atoms with Crippen LogP contribution in [0.25, 0.3) is 23.0 Å². The maximum atomic E-state index is 13.9. The van der Waals surface area contributed by atoms with Crippen LogP contribution < -0.4 is 5.01 Å². The van der Waals surface area contributed by atoms with Crippen molar-refractivity contribution in [2.75, 3.05) is 5.01 Å². The summed E-state index contributed by atoms with van der Waals surface area (Å²) >= 11 is 6.90. The molecule has 0 aliphatic carbocycles. The maximum Gasteiger partial charge on any atom is 0.281 e. The van der Waals surface area contributed by atoms with Gasteiger partial charge in [-0.15, -0.1) is 0 Å². The Kier molecular flexibility index (Phi) is 6.72. The number of benzene rings is 4. The van der Waals surface area contributed by atoms with Gasteiger partial charge in [-0.1, -0.05) is 92.5 Å². The third kappa shape index (κ3) is 4.84. The molecular weight excluding hydrogens is 620 g/mol. The lowest BCUT2D eigenvalue weighted by Gasteiger charge is -2.11. The summed E-state index contributed by atoms with van der Waals surface area (Å²) in [6, 6.07) is 34.0. The summed E-state index contributed by atoms with van der Waals surface area (Å²) in [4.78, 5) is 13.9. The molecule has 1 amide bonds. The van der Waals surface area contributed by atoms with Crippen molar-refractivity contribution in [1.29, 1.82) is 0 Å². The van der Waals surface area contributed by atoms with Crippen LogP contribution in [-0.4, -0.2) is 26.5 Å². The molecule has 6 rings (SSSR count). The lowest BCUT2D eigenvalue weighted by atomic mass is 9.99. The maximum absolute atomic E-state index is 13.9. The van der Waals surface area contributed by atoms with Crippen LogP contribution in [0, 0.1) is 0 Å². The average Bonchev–Trinajstić information content (AvgIpc) is 3.47. The van der Waals surface area contributed by atoms with Crippen molar-refractivity contribution in [2.24, 2.45) is 5.10 Å². The predicted molar refractivity (Wildman–Crippen MR) is 161 cm³/mol. The molecule has 1 aliphatic heterocycles. The number of hydrogen-bond acceptors (Lipinski definition) is 4. The molecule has 39 heavy (non-hydrogen) atoms. The molecule has 0 bridgehead atoms. The zero-order chi connectivity index (χ0) is 26.9. The Balaban J connectivity index is 1.55. The molecule has 5 aromatic rings. The van der Waals surface area contributed by atoms with E-state index in [0.717, 1.165) is 20.1 Å². The van der Waals surface area contributed by atoms with E-state index in [1.165, 1.54) is 9.69 Å². The molecule has 8 heteroatoms. The molecule has 1 N–H and O–H groups in total. The fourth-order valence-electron chi connectivity index (χ4n) is 4.38. The van der Waals surface area contributed by atoms with E-state index in [1.54, 1.807) is 6.08 Å². The summed E-state index contributed by atoms with van der Waals surface area (Å²) in [5.41, 5.74) is 4.76. The van der Waals surface area contributed by atoms with Crippen LogP contribution in [-0.2, 0) is 4.79 Å².